The molecular weight excluding hydrogens is 284 g/mol. The summed E-state index contributed by atoms with van der Waals surface area (Å²) in [4.78, 5) is 22.7. The molecule has 22 heavy (non-hydrogen) atoms. The van der Waals surface area contributed by atoms with E-state index in [0.717, 1.165) is 24.0 Å². The predicted molar refractivity (Wildman–Crippen MR) is 82.7 cm³/mol. The topological polar surface area (TPSA) is 72.8 Å². The molecule has 0 radical (unpaired) electrons. The van der Waals surface area contributed by atoms with Gasteiger partial charge in [-0.3, -0.25) is 4.79 Å². The minimum atomic E-state index is -1.03. The van der Waals surface area contributed by atoms with Crippen LogP contribution in [0.2, 0.25) is 0 Å². The molecule has 0 saturated carbocycles. The monoisotopic (exact) mass is 300 g/mol. The molecule has 0 aliphatic carbocycles. The lowest BCUT2D eigenvalue weighted by molar-refractivity contribution is -0.149. The fourth-order valence-corrected chi connectivity index (χ4v) is 2.14. The lowest BCUT2D eigenvalue weighted by Gasteiger charge is -2.11. The Bertz CT molecular complexity index is 746. The van der Waals surface area contributed by atoms with E-state index in [1.807, 2.05) is 25.1 Å². The van der Waals surface area contributed by atoms with Gasteiger partial charge in [-0.05, 0) is 24.4 Å². The summed E-state index contributed by atoms with van der Waals surface area (Å²) in [6, 6.07) is 10.7. The van der Waals surface area contributed by atoms with E-state index >= 15 is 0 Å². The minimum Gasteiger partial charge on any atom is -0.507 e. The Labute approximate surface area is 127 Å². The fraction of sp³-hybridized carbons (Fsp3) is 0.176. The van der Waals surface area contributed by atoms with Gasteiger partial charge in [0, 0.05) is 17.0 Å². The second kappa shape index (κ2) is 6.76. The van der Waals surface area contributed by atoms with Gasteiger partial charge in [-0.1, -0.05) is 24.3 Å². The number of carbonyl (C=O) groups excluding carboxylic acids is 2. The Morgan fingerprint density at radius 2 is 1.82 bits per heavy atom. The van der Waals surface area contributed by atoms with Gasteiger partial charge in [-0.25, -0.2) is 4.79 Å². The maximum absolute atomic E-state index is 11.5. The van der Waals surface area contributed by atoms with Crippen LogP contribution in [-0.4, -0.2) is 30.6 Å². The van der Waals surface area contributed by atoms with Crippen LogP contribution in [0.15, 0.2) is 42.5 Å². The number of hydrogen-bond donors (Lipinski definition) is 1. The second-order valence-electron chi connectivity index (χ2n) is 4.48. The van der Waals surface area contributed by atoms with Gasteiger partial charge < -0.3 is 14.6 Å². The lowest BCUT2D eigenvalue weighted by atomic mass is 10.0. The van der Waals surface area contributed by atoms with Gasteiger partial charge in [-0.15, -0.1) is 0 Å². The Kier molecular flexibility index (Phi) is 4.78. The first-order chi connectivity index (χ1) is 10.6. The number of aliphatic hydroxyl groups excluding tert-OH is 1. The van der Waals surface area contributed by atoms with Crippen LogP contribution in [0.3, 0.4) is 0 Å². The average molecular weight is 300 g/mol. The van der Waals surface area contributed by atoms with E-state index in [2.05, 4.69) is 4.74 Å². The predicted octanol–water partition coefficient (Wildman–Crippen LogP) is 2.88. The van der Waals surface area contributed by atoms with Crippen LogP contribution in [0.4, 0.5) is 0 Å². The quantitative estimate of drug-likeness (QED) is 0.398. The van der Waals surface area contributed by atoms with Crippen molar-refractivity contribution in [2.45, 2.75) is 6.92 Å². The first-order valence-electron chi connectivity index (χ1n) is 6.76. The van der Waals surface area contributed by atoms with Crippen LogP contribution in [-0.2, 0) is 14.3 Å². The number of benzene rings is 2. The molecule has 0 saturated heterocycles. The third kappa shape index (κ3) is 3.09. The summed E-state index contributed by atoms with van der Waals surface area (Å²) >= 11 is 0. The van der Waals surface area contributed by atoms with Crippen molar-refractivity contribution in [2.24, 2.45) is 0 Å². The lowest BCUT2D eigenvalue weighted by Crippen LogP contribution is -2.13. The number of carbonyl (C=O) groups is 2. The standard InChI is InChI=1S/C17H16O5/c1-3-22-16-9-8-12(11-6-4-5-7-13(11)16)14(18)10-15(19)17(20)21-2/h4-10,18H,3H2,1-2H3/b14-10+. The van der Waals surface area contributed by atoms with E-state index in [-0.39, 0.29) is 5.76 Å². The Morgan fingerprint density at radius 1 is 1.14 bits per heavy atom. The smallest absolute Gasteiger partial charge is 0.378 e. The van der Waals surface area contributed by atoms with Crippen LogP contribution in [0.5, 0.6) is 5.75 Å². The zero-order valence-corrected chi connectivity index (χ0v) is 12.3. The Morgan fingerprint density at radius 3 is 2.45 bits per heavy atom. The number of esters is 1. The molecule has 5 nitrogen and oxygen atoms in total. The van der Waals surface area contributed by atoms with E-state index in [1.165, 1.54) is 0 Å². The first kappa shape index (κ1) is 15.6. The minimum absolute atomic E-state index is 0.297. The third-order valence-corrected chi connectivity index (χ3v) is 3.11. The van der Waals surface area contributed by atoms with Crippen molar-refractivity contribution < 1.29 is 24.2 Å². The summed E-state index contributed by atoms with van der Waals surface area (Å²) in [6.45, 7) is 2.40. The van der Waals surface area contributed by atoms with Gasteiger partial charge in [-0.2, -0.15) is 0 Å². The molecule has 1 N–H and O–H groups in total. The second-order valence-corrected chi connectivity index (χ2v) is 4.48. The molecule has 0 spiro atoms. The fourth-order valence-electron chi connectivity index (χ4n) is 2.14. The normalized spacial score (nSPS) is 11.3. The molecule has 114 valence electrons. The van der Waals surface area contributed by atoms with Crippen LogP contribution >= 0.6 is 0 Å². The molecule has 5 heteroatoms. The number of methoxy groups -OCH3 is 1. The number of rotatable bonds is 5. The number of aliphatic hydroxyl groups is 1. The summed E-state index contributed by atoms with van der Waals surface area (Å²) in [6.07, 6.45) is 0.855. The molecule has 0 aliphatic rings. The summed E-state index contributed by atoms with van der Waals surface area (Å²) in [5, 5.41) is 11.7. The van der Waals surface area contributed by atoms with Crippen LogP contribution in [0, 0.1) is 0 Å². The summed E-state index contributed by atoms with van der Waals surface area (Å²) in [5.74, 6) is -1.55. The van der Waals surface area contributed by atoms with E-state index in [0.29, 0.717) is 17.9 Å². The molecule has 2 rings (SSSR count). The molecule has 2 aromatic rings. The number of ether oxygens (including phenoxy) is 2. The molecule has 2 aromatic carbocycles. The van der Waals surface area contributed by atoms with E-state index in [4.69, 9.17) is 4.74 Å². The zero-order chi connectivity index (χ0) is 16.1. The van der Waals surface area contributed by atoms with Crippen molar-refractivity contribution in [1.29, 1.82) is 0 Å². The maximum atomic E-state index is 11.5. The molecule has 0 aliphatic heterocycles. The highest BCUT2D eigenvalue weighted by Gasteiger charge is 2.15. The number of fused-ring (bicyclic) bond motifs is 1. The number of hydrogen-bond acceptors (Lipinski definition) is 5. The van der Waals surface area contributed by atoms with Crippen molar-refractivity contribution in [3.63, 3.8) is 0 Å². The van der Waals surface area contributed by atoms with Crippen molar-refractivity contribution in [2.75, 3.05) is 13.7 Å². The average Bonchev–Trinajstić information content (AvgIpc) is 2.54. The van der Waals surface area contributed by atoms with Gasteiger partial charge in [0.2, 0.25) is 0 Å². The molecule has 0 fully saturated rings. The van der Waals surface area contributed by atoms with E-state index in [1.54, 1.807) is 18.2 Å². The Balaban J connectivity index is 2.52. The SMILES string of the molecule is CCOc1ccc(/C(O)=C\C(=O)C(=O)OC)c2ccccc12. The number of ketones is 1. The zero-order valence-electron chi connectivity index (χ0n) is 12.3. The van der Waals surface area contributed by atoms with E-state index < -0.39 is 11.8 Å². The van der Waals surface area contributed by atoms with Gasteiger partial charge in [0.1, 0.15) is 11.5 Å². The molecule has 0 bridgehead atoms. The molecule has 0 atom stereocenters. The van der Waals surface area contributed by atoms with Gasteiger partial charge in [0.25, 0.3) is 5.78 Å². The summed E-state index contributed by atoms with van der Waals surface area (Å²) < 4.78 is 9.87. The van der Waals surface area contributed by atoms with Crippen molar-refractivity contribution in [1.82, 2.24) is 0 Å². The van der Waals surface area contributed by atoms with Crippen molar-refractivity contribution in [3.05, 3.63) is 48.0 Å². The molecule has 0 heterocycles. The summed E-state index contributed by atoms with van der Waals surface area (Å²) in [5.41, 5.74) is 0.441. The molecular formula is C17H16O5. The van der Waals surface area contributed by atoms with Crippen molar-refractivity contribution in [3.8, 4) is 5.75 Å². The molecule has 0 aromatic heterocycles. The van der Waals surface area contributed by atoms with Crippen LogP contribution < -0.4 is 4.74 Å². The van der Waals surface area contributed by atoms with Gasteiger partial charge >= 0.3 is 5.97 Å². The Hall–Kier alpha value is -2.82. The van der Waals surface area contributed by atoms with Crippen LogP contribution in [0.25, 0.3) is 16.5 Å². The highest BCUT2D eigenvalue weighted by molar-refractivity contribution is 6.39. The van der Waals surface area contributed by atoms with Gasteiger partial charge in [0.15, 0.2) is 0 Å². The maximum Gasteiger partial charge on any atom is 0.378 e. The summed E-state index contributed by atoms with van der Waals surface area (Å²) in [7, 11) is 1.11. The van der Waals surface area contributed by atoms with Crippen LogP contribution in [0.1, 0.15) is 12.5 Å². The largest absolute Gasteiger partial charge is 0.507 e. The highest BCUT2D eigenvalue weighted by atomic mass is 16.5. The molecule has 0 unspecified atom stereocenters. The first-order valence-corrected chi connectivity index (χ1v) is 6.76. The third-order valence-electron chi connectivity index (χ3n) is 3.11. The molecule has 0 amide bonds. The highest BCUT2D eigenvalue weighted by Crippen LogP contribution is 2.31. The van der Waals surface area contributed by atoms with E-state index in [9.17, 15) is 14.7 Å². The van der Waals surface area contributed by atoms with Crippen molar-refractivity contribution >= 4 is 28.3 Å². The van der Waals surface area contributed by atoms with Gasteiger partial charge in [0.05, 0.1) is 13.7 Å².